The van der Waals surface area contributed by atoms with Gasteiger partial charge >= 0.3 is 10.4 Å². The van der Waals surface area contributed by atoms with Crippen LogP contribution in [0.15, 0.2) is 12.2 Å². The smallest absolute Gasteiger partial charge is 0.396 e. The van der Waals surface area contributed by atoms with Crippen molar-refractivity contribution in [3.8, 4) is 0 Å². The maximum absolute atomic E-state index is 12.9. The lowest BCUT2D eigenvalue weighted by Gasteiger charge is -2.66. The topological polar surface area (TPSA) is 312 Å². The van der Waals surface area contributed by atoms with E-state index in [0.717, 1.165) is 0 Å². The van der Waals surface area contributed by atoms with Gasteiger partial charge < -0.3 is 74.7 Å². The summed E-state index contributed by atoms with van der Waals surface area (Å²) in [6, 6.07) is 0. The summed E-state index contributed by atoms with van der Waals surface area (Å²) in [4.78, 5) is 0. The van der Waals surface area contributed by atoms with Crippen molar-refractivity contribution in [3.05, 3.63) is 12.2 Å². The lowest BCUT2D eigenvalue weighted by molar-refractivity contribution is -0.308. The molecule has 0 radical (unpaired) electrons. The predicted molar refractivity (Wildman–Crippen MR) is 206 cm³/mol. The number of aliphatic hydroxyl groups is 10. The minimum Gasteiger partial charge on any atom is -0.396 e. The Balaban J connectivity index is 1.20. The number of aliphatic hydroxyl groups excluding tert-OH is 9. The maximum atomic E-state index is 12.9. The molecule has 0 aromatic heterocycles. The summed E-state index contributed by atoms with van der Waals surface area (Å²) in [5, 5.41) is 109. The van der Waals surface area contributed by atoms with Crippen LogP contribution in [0.4, 0.5) is 0 Å². The fraction of sp³-hybridized carbons (Fsp3) is 0.950. The van der Waals surface area contributed by atoms with Crippen LogP contribution < -0.4 is 0 Å². The molecule has 0 amide bonds. The van der Waals surface area contributed by atoms with Crippen LogP contribution in [0.1, 0.15) is 66.2 Å². The van der Waals surface area contributed by atoms with Crippen molar-refractivity contribution in [1.82, 2.24) is 0 Å². The first kappa shape index (κ1) is 48.5. The first-order valence-corrected chi connectivity index (χ1v) is 22.5. The first-order chi connectivity index (χ1) is 28.1. The highest BCUT2D eigenvalue weighted by Crippen LogP contribution is 2.70. The molecule has 6 aliphatic rings. The number of methoxy groups -OCH3 is 1. The van der Waals surface area contributed by atoms with E-state index in [4.69, 9.17) is 27.9 Å². The number of hydrogen-bond acceptors (Lipinski definition) is 18. The van der Waals surface area contributed by atoms with Gasteiger partial charge in [0.1, 0.15) is 42.7 Å². The van der Waals surface area contributed by atoms with Crippen molar-refractivity contribution in [2.75, 3.05) is 33.5 Å². The summed E-state index contributed by atoms with van der Waals surface area (Å²) < 4.78 is 68.1. The average Bonchev–Trinajstić information content (AvgIpc) is 3.64. The minimum absolute atomic E-state index is 0.0746. The molecule has 6 rings (SSSR count). The quantitative estimate of drug-likeness (QED) is 0.0641. The van der Waals surface area contributed by atoms with E-state index in [0.29, 0.717) is 25.7 Å². The van der Waals surface area contributed by atoms with Crippen LogP contribution in [0.2, 0.25) is 0 Å². The van der Waals surface area contributed by atoms with Crippen LogP contribution in [-0.4, -0.2) is 183 Å². The number of allylic oxidation sites excluding steroid dienone is 1. The Morgan fingerprint density at radius 3 is 2.18 bits per heavy atom. The molecule has 11 N–H and O–H groups in total. The first-order valence-electron chi connectivity index (χ1n) is 21.2. The fourth-order valence-corrected chi connectivity index (χ4v) is 13.0. The Hall–Kier alpha value is -0.990. The predicted octanol–water partition coefficient (Wildman–Crippen LogP) is -1.77. The van der Waals surface area contributed by atoms with Crippen LogP contribution in [-0.2, 0) is 38.3 Å². The number of fused-ring (bicyclic) bond motifs is 5. The van der Waals surface area contributed by atoms with E-state index in [2.05, 4.69) is 0 Å². The minimum atomic E-state index is -5.02. The van der Waals surface area contributed by atoms with Crippen LogP contribution in [0.3, 0.4) is 0 Å². The van der Waals surface area contributed by atoms with Gasteiger partial charge in [-0.3, -0.25) is 4.55 Å². The molecule has 2 saturated heterocycles. The van der Waals surface area contributed by atoms with Gasteiger partial charge in [0.15, 0.2) is 12.6 Å². The van der Waals surface area contributed by atoms with E-state index in [1.54, 1.807) is 0 Å². The van der Waals surface area contributed by atoms with Gasteiger partial charge in [-0.05, 0) is 66.6 Å². The monoisotopic (exact) mass is 884 g/mol. The molecule has 0 aromatic carbocycles. The summed E-state index contributed by atoms with van der Waals surface area (Å²) in [5.74, 6) is -3.31. The van der Waals surface area contributed by atoms with Gasteiger partial charge in [-0.25, -0.2) is 4.18 Å². The highest BCUT2D eigenvalue weighted by Gasteiger charge is 2.72. The van der Waals surface area contributed by atoms with Crippen molar-refractivity contribution in [2.45, 2.75) is 152 Å². The third-order valence-electron chi connectivity index (χ3n) is 15.6. The van der Waals surface area contributed by atoms with Crippen molar-refractivity contribution in [3.63, 3.8) is 0 Å². The molecule has 20 heteroatoms. The summed E-state index contributed by atoms with van der Waals surface area (Å²) in [7, 11) is -3.74. The second-order valence-corrected chi connectivity index (χ2v) is 20.1. The van der Waals surface area contributed by atoms with E-state index in [9.17, 15) is 64.0 Å². The zero-order valence-electron chi connectivity index (χ0n) is 34.9. The fourth-order valence-electron chi connectivity index (χ4n) is 12.5. The molecule has 348 valence electrons. The number of ether oxygens (including phenoxy) is 5. The number of hydrogen-bond donors (Lipinski definition) is 11. The Morgan fingerprint density at radius 2 is 1.55 bits per heavy atom. The Morgan fingerprint density at radius 1 is 0.867 bits per heavy atom. The molecule has 0 aromatic rings. The molecule has 60 heavy (non-hydrogen) atoms. The van der Waals surface area contributed by atoms with Crippen LogP contribution in [0, 0.1) is 52.3 Å². The average molecular weight is 885 g/mol. The van der Waals surface area contributed by atoms with Crippen molar-refractivity contribution in [2.24, 2.45) is 52.3 Å². The maximum Gasteiger partial charge on any atom is 0.397 e. The van der Waals surface area contributed by atoms with Gasteiger partial charge in [0.2, 0.25) is 0 Å². The SMILES string of the molecule is CO[C@@H]1[C@@H](O[C@@H]2[C@@H](OCC(/C=C/[C@@H](C)[C@H]3C[C@@H](O)C4[C@]5(O)C[C@H](OS(=O)(=O)O)C6[C@@H](O)[C@@H](O)CC[C@]6(C)C5CC[C@@]43C)C(C)CO)O[C@H]([C@H](O)CO)[C@H]2O)OC[C@H](O)[C@H]1O. The van der Waals surface area contributed by atoms with Crippen LogP contribution >= 0.6 is 0 Å². The zero-order valence-corrected chi connectivity index (χ0v) is 35.7. The second-order valence-electron chi connectivity index (χ2n) is 19.0. The lowest BCUT2D eigenvalue weighted by Crippen LogP contribution is -2.71. The van der Waals surface area contributed by atoms with Crippen molar-refractivity contribution < 1.29 is 91.9 Å². The molecule has 0 bridgehead atoms. The normalized spacial score (nSPS) is 49.2. The van der Waals surface area contributed by atoms with Crippen LogP contribution in [0.25, 0.3) is 0 Å². The third-order valence-corrected chi connectivity index (χ3v) is 16.1. The molecule has 23 atom stereocenters. The number of rotatable bonds is 15. The van der Waals surface area contributed by atoms with Gasteiger partial charge in [-0.15, -0.1) is 0 Å². The highest BCUT2D eigenvalue weighted by atomic mass is 32.3. The molecule has 5 unspecified atom stereocenters. The van der Waals surface area contributed by atoms with Gasteiger partial charge in [0, 0.05) is 37.9 Å². The second kappa shape index (κ2) is 18.5. The third kappa shape index (κ3) is 8.87. The summed E-state index contributed by atoms with van der Waals surface area (Å²) in [6.45, 7) is 6.34. The molecular formula is C40H68O19S. The van der Waals surface area contributed by atoms with Crippen molar-refractivity contribution >= 4 is 10.4 Å². The summed E-state index contributed by atoms with van der Waals surface area (Å²) >= 11 is 0. The van der Waals surface area contributed by atoms with E-state index in [1.165, 1.54) is 7.11 Å². The Kier molecular flexibility index (Phi) is 14.9. The summed E-state index contributed by atoms with van der Waals surface area (Å²) in [5.41, 5.74) is -3.20. The van der Waals surface area contributed by atoms with E-state index in [-0.39, 0.29) is 50.4 Å². The van der Waals surface area contributed by atoms with Gasteiger partial charge in [-0.2, -0.15) is 8.42 Å². The molecule has 4 saturated carbocycles. The van der Waals surface area contributed by atoms with E-state index < -0.39 is 137 Å². The lowest BCUT2D eigenvalue weighted by atomic mass is 9.41. The molecule has 6 fully saturated rings. The largest absolute Gasteiger partial charge is 0.397 e. The van der Waals surface area contributed by atoms with Gasteiger partial charge in [-0.1, -0.05) is 39.8 Å². The molecule has 0 spiro atoms. The van der Waals surface area contributed by atoms with Gasteiger partial charge in [0.25, 0.3) is 0 Å². The standard InChI is InChI=1S/C40H68O19S/c1-18(6-7-20(19(2)14-41)16-55-37-34(31(49)32(57-37)24(45)15-42)58-36-33(54-5)30(48)25(46)17-56-36)21-12-23(44)35-38(21,3)11-9-27-39(4)10-8-22(43)29(47)28(39)26(13-40(27,35)50)59-60(51,52)53/h6-7,18-37,41-50H,8-17H2,1-5H3,(H,51,52,53)/b7-6+/t18-,19?,20?,21-,22+,23-,24-,25+,26+,27?,28?,29+,30-,31-,32-,33+,34+,35?,36-,37+,38-,39-,40+/m1/s1. The van der Waals surface area contributed by atoms with Crippen LogP contribution in [0.5, 0.6) is 0 Å². The van der Waals surface area contributed by atoms with Crippen molar-refractivity contribution in [1.29, 1.82) is 0 Å². The molecular weight excluding hydrogens is 816 g/mol. The highest BCUT2D eigenvalue weighted by molar-refractivity contribution is 7.80. The van der Waals surface area contributed by atoms with E-state index in [1.807, 2.05) is 39.8 Å². The van der Waals surface area contributed by atoms with E-state index >= 15 is 0 Å². The molecule has 2 heterocycles. The van der Waals surface area contributed by atoms with Gasteiger partial charge in [0.05, 0.1) is 49.8 Å². The summed E-state index contributed by atoms with van der Waals surface area (Å²) in [6.07, 6.45) is -11.4. The molecule has 4 aliphatic carbocycles. The Bertz CT molecular complexity index is 1590. The molecule has 2 aliphatic heterocycles. The zero-order chi connectivity index (χ0) is 44.3. The Labute approximate surface area is 351 Å². The molecule has 19 nitrogen and oxygen atoms in total.